The molecule has 24 heavy (non-hydrogen) atoms. The number of anilines is 1. The number of hydrogen-bond acceptors (Lipinski definition) is 4. The van der Waals surface area contributed by atoms with Crippen molar-refractivity contribution in [2.45, 2.75) is 13.8 Å². The summed E-state index contributed by atoms with van der Waals surface area (Å²) in [6, 6.07) is 5.92. The second-order valence-electron chi connectivity index (χ2n) is 6.12. The zero-order valence-corrected chi connectivity index (χ0v) is 15.4. The minimum atomic E-state index is -0.0991. The first-order valence-corrected chi connectivity index (χ1v) is 8.00. The minimum absolute atomic E-state index is 0. The van der Waals surface area contributed by atoms with E-state index in [2.05, 4.69) is 10.6 Å². The van der Waals surface area contributed by atoms with E-state index in [1.807, 2.05) is 36.9 Å². The quantitative estimate of drug-likeness (QED) is 0.829. The van der Waals surface area contributed by atoms with E-state index in [4.69, 9.17) is 0 Å². The molecule has 0 radical (unpaired) electrons. The molecule has 2 amide bonds. The number of piperazine rings is 1. The Labute approximate surface area is 150 Å². The first-order valence-electron chi connectivity index (χ1n) is 8.00. The number of nitrogens with one attached hydrogen (secondary N) is 2. The Hall–Kier alpha value is -1.63. The van der Waals surface area contributed by atoms with Crippen molar-refractivity contribution in [3.05, 3.63) is 29.3 Å². The van der Waals surface area contributed by atoms with Crippen LogP contribution in [0.4, 0.5) is 5.69 Å². The molecule has 1 aromatic carbocycles. The van der Waals surface area contributed by atoms with Crippen molar-refractivity contribution in [1.29, 1.82) is 0 Å². The second-order valence-corrected chi connectivity index (χ2v) is 6.12. The van der Waals surface area contributed by atoms with Gasteiger partial charge in [0.25, 0.3) is 0 Å². The lowest BCUT2D eigenvalue weighted by Crippen LogP contribution is -2.49. The Bertz CT molecular complexity index is 553. The van der Waals surface area contributed by atoms with Crippen LogP contribution in [0.1, 0.15) is 11.1 Å². The van der Waals surface area contributed by atoms with E-state index in [1.165, 1.54) is 0 Å². The third-order valence-corrected chi connectivity index (χ3v) is 4.03. The van der Waals surface area contributed by atoms with E-state index in [0.717, 1.165) is 43.0 Å². The number of halogens is 1. The summed E-state index contributed by atoms with van der Waals surface area (Å²) in [7, 11) is 1.80. The van der Waals surface area contributed by atoms with E-state index in [-0.39, 0.29) is 37.3 Å². The van der Waals surface area contributed by atoms with Crippen molar-refractivity contribution < 1.29 is 9.59 Å². The number of amides is 2. The predicted octanol–water partition coefficient (Wildman–Crippen LogP) is 1.03. The van der Waals surface area contributed by atoms with Gasteiger partial charge in [-0.25, -0.2) is 0 Å². The van der Waals surface area contributed by atoms with Gasteiger partial charge in [0.2, 0.25) is 11.8 Å². The molecule has 0 saturated carbocycles. The summed E-state index contributed by atoms with van der Waals surface area (Å²) in [6.07, 6.45) is 0. The molecule has 0 atom stereocenters. The topological polar surface area (TPSA) is 64.7 Å². The monoisotopic (exact) mass is 354 g/mol. The third kappa shape index (κ3) is 5.78. The van der Waals surface area contributed by atoms with Crippen molar-refractivity contribution in [3.63, 3.8) is 0 Å². The summed E-state index contributed by atoms with van der Waals surface area (Å²) in [5, 5.41) is 6.17. The molecule has 7 heteroatoms. The van der Waals surface area contributed by atoms with Crippen LogP contribution in [-0.4, -0.2) is 67.9 Å². The molecule has 1 fully saturated rings. The van der Waals surface area contributed by atoms with Crippen molar-refractivity contribution >= 4 is 29.9 Å². The Morgan fingerprint density at radius 1 is 1.17 bits per heavy atom. The Balaban J connectivity index is 0.00000288. The van der Waals surface area contributed by atoms with Gasteiger partial charge in [-0.1, -0.05) is 18.2 Å². The van der Waals surface area contributed by atoms with Crippen LogP contribution in [0.15, 0.2) is 18.2 Å². The molecule has 2 N–H and O–H groups in total. The highest BCUT2D eigenvalue weighted by molar-refractivity contribution is 5.94. The van der Waals surface area contributed by atoms with Gasteiger partial charge >= 0.3 is 0 Å². The van der Waals surface area contributed by atoms with Gasteiger partial charge in [-0.15, -0.1) is 12.4 Å². The number of carbonyl (C=O) groups excluding carboxylic acids is 2. The Kier molecular flexibility index (Phi) is 8.18. The smallest absolute Gasteiger partial charge is 0.238 e. The summed E-state index contributed by atoms with van der Waals surface area (Å²) in [5.74, 6) is -0.0214. The van der Waals surface area contributed by atoms with E-state index < -0.39 is 0 Å². The number of aryl methyl sites for hydroxylation is 2. The van der Waals surface area contributed by atoms with Crippen LogP contribution in [0.25, 0.3) is 0 Å². The molecule has 6 nitrogen and oxygen atoms in total. The van der Waals surface area contributed by atoms with Gasteiger partial charge < -0.3 is 15.5 Å². The highest BCUT2D eigenvalue weighted by Crippen LogP contribution is 2.19. The van der Waals surface area contributed by atoms with Crippen LogP contribution in [0, 0.1) is 13.8 Å². The average Bonchev–Trinajstić information content (AvgIpc) is 2.51. The standard InChI is InChI=1S/C17H26N4O2.ClH/c1-13-5-4-6-14(2)17(13)19-15(22)11-20(3)12-16(23)21-9-7-18-8-10-21;/h4-6,18H,7-12H2,1-3H3,(H,19,22);1H. The van der Waals surface area contributed by atoms with Gasteiger partial charge in [-0.2, -0.15) is 0 Å². The van der Waals surface area contributed by atoms with Crippen molar-refractivity contribution in [1.82, 2.24) is 15.1 Å². The van der Waals surface area contributed by atoms with Crippen LogP contribution in [-0.2, 0) is 9.59 Å². The lowest BCUT2D eigenvalue weighted by molar-refractivity contribution is -0.133. The molecule has 1 aliphatic heterocycles. The van der Waals surface area contributed by atoms with Crippen LogP contribution >= 0.6 is 12.4 Å². The van der Waals surface area contributed by atoms with Gasteiger partial charge in [0.05, 0.1) is 13.1 Å². The summed E-state index contributed by atoms with van der Waals surface area (Å²) >= 11 is 0. The first-order chi connectivity index (χ1) is 11.0. The number of carbonyl (C=O) groups is 2. The molecule has 0 unspecified atom stereocenters. The van der Waals surface area contributed by atoms with Crippen molar-refractivity contribution in [3.8, 4) is 0 Å². The van der Waals surface area contributed by atoms with Crippen molar-refractivity contribution in [2.24, 2.45) is 0 Å². The Morgan fingerprint density at radius 3 is 2.33 bits per heavy atom. The molecule has 1 saturated heterocycles. The molecular formula is C17H27ClN4O2. The molecule has 1 aliphatic rings. The van der Waals surface area contributed by atoms with Crippen LogP contribution < -0.4 is 10.6 Å². The van der Waals surface area contributed by atoms with Gasteiger partial charge in [-0.05, 0) is 32.0 Å². The lowest BCUT2D eigenvalue weighted by atomic mass is 10.1. The predicted molar refractivity (Wildman–Crippen MR) is 98.7 cm³/mol. The maximum absolute atomic E-state index is 12.2. The van der Waals surface area contributed by atoms with Crippen LogP contribution in [0.5, 0.6) is 0 Å². The largest absolute Gasteiger partial charge is 0.339 e. The SMILES string of the molecule is Cc1cccc(C)c1NC(=O)CN(C)CC(=O)N1CCNCC1.Cl. The molecule has 0 aromatic heterocycles. The third-order valence-electron chi connectivity index (χ3n) is 4.03. The zero-order chi connectivity index (χ0) is 16.8. The fourth-order valence-electron chi connectivity index (χ4n) is 2.74. The fraction of sp³-hybridized carbons (Fsp3) is 0.529. The number of nitrogens with zero attached hydrogens (tertiary/aromatic N) is 2. The molecule has 134 valence electrons. The van der Waals surface area contributed by atoms with E-state index in [0.29, 0.717) is 0 Å². The molecule has 1 heterocycles. The number of likely N-dealkylation sites (N-methyl/N-ethyl adjacent to an activating group) is 1. The van der Waals surface area contributed by atoms with E-state index >= 15 is 0 Å². The van der Waals surface area contributed by atoms with Gasteiger partial charge in [-0.3, -0.25) is 14.5 Å². The molecule has 2 rings (SSSR count). The van der Waals surface area contributed by atoms with E-state index in [9.17, 15) is 9.59 Å². The summed E-state index contributed by atoms with van der Waals surface area (Å²) in [4.78, 5) is 28.0. The highest BCUT2D eigenvalue weighted by atomic mass is 35.5. The average molecular weight is 355 g/mol. The maximum Gasteiger partial charge on any atom is 0.238 e. The second kappa shape index (κ2) is 9.61. The maximum atomic E-state index is 12.2. The Morgan fingerprint density at radius 2 is 1.75 bits per heavy atom. The number of benzene rings is 1. The molecule has 0 spiro atoms. The minimum Gasteiger partial charge on any atom is -0.339 e. The highest BCUT2D eigenvalue weighted by Gasteiger charge is 2.19. The lowest BCUT2D eigenvalue weighted by Gasteiger charge is -2.29. The molecule has 1 aromatic rings. The van der Waals surface area contributed by atoms with Gasteiger partial charge in [0.1, 0.15) is 0 Å². The normalized spacial score (nSPS) is 14.2. The number of hydrogen-bond donors (Lipinski definition) is 2. The number of rotatable bonds is 5. The molecule has 0 bridgehead atoms. The molecule has 0 aliphatic carbocycles. The zero-order valence-electron chi connectivity index (χ0n) is 14.6. The van der Waals surface area contributed by atoms with Gasteiger partial charge in [0.15, 0.2) is 0 Å². The van der Waals surface area contributed by atoms with Gasteiger partial charge in [0, 0.05) is 31.9 Å². The first kappa shape index (κ1) is 20.4. The number of para-hydroxylation sites is 1. The van der Waals surface area contributed by atoms with Crippen molar-refractivity contribution in [2.75, 3.05) is 51.6 Å². The molecular weight excluding hydrogens is 328 g/mol. The van der Waals surface area contributed by atoms with Crippen LogP contribution in [0.3, 0.4) is 0 Å². The fourth-order valence-corrected chi connectivity index (χ4v) is 2.74. The summed E-state index contributed by atoms with van der Waals surface area (Å²) in [5.41, 5.74) is 2.94. The van der Waals surface area contributed by atoms with E-state index in [1.54, 1.807) is 11.9 Å². The summed E-state index contributed by atoms with van der Waals surface area (Å²) in [6.45, 7) is 7.56. The summed E-state index contributed by atoms with van der Waals surface area (Å²) < 4.78 is 0. The van der Waals surface area contributed by atoms with Crippen LogP contribution in [0.2, 0.25) is 0 Å².